The van der Waals surface area contributed by atoms with Crippen LogP contribution in [0, 0.1) is 0 Å². The zero-order chi connectivity index (χ0) is 15.7. The minimum absolute atomic E-state index is 0.0861. The molecule has 5 nitrogen and oxygen atoms in total. The van der Waals surface area contributed by atoms with E-state index in [1.165, 1.54) is 11.3 Å². The molecule has 0 aliphatic carbocycles. The third-order valence-corrected chi connectivity index (χ3v) is 4.70. The van der Waals surface area contributed by atoms with Gasteiger partial charge in [0.1, 0.15) is 0 Å². The third-order valence-electron chi connectivity index (χ3n) is 4.70. The van der Waals surface area contributed by atoms with Crippen LogP contribution in [0.4, 0.5) is 5.69 Å². The third kappa shape index (κ3) is 2.80. The summed E-state index contributed by atoms with van der Waals surface area (Å²) in [5, 5.41) is 0. The van der Waals surface area contributed by atoms with Crippen molar-refractivity contribution in [3.05, 3.63) is 29.8 Å². The molecule has 1 atom stereocenters. The number of rotatable bonds is 2. The molecule has 1 aromatic rings. The van der Waals surface area contributed by atoms with E-state index in [2.05, 4.69) is 17.0 Å². The highest BCUT2D eigenvalue weighted by Gasteiger charge is 2.30. The number of nitrogens with zero attached hydrogens (tertiary/aromatic N) is 3. The van der Waals surface area contributed by atoms with Gasteiger partial charge >= 0.3 is 0 Å². The van der Waals surface area contributed by atoms with Gasteiger partial charge in [-0.05, 0) is 25.0 Å². The number of hydrogen-bond donors (Lipinski definition) is 0. The molecular formula is C17H23N3O2. The monoisotopic (exact) mass is 301 g/mol. The van der Waals surface area contributed by atoms with Gasteiger partial charge in [-0.1, -0.05) is 18.2 Å². The van der Waals surface area contributed by atoms with E-state index in [-0.39, 0.29) is 17.9 Å². The molecule has 0 saturated carbocycles. The van der Waals surface area contributed by atoms with Crippen LogP contribution < -0.4 is 4.90 Å². The minimum Gasteiger partial charge on any atom is -0.362 e. The average molecular weight is 301 g/mol. The van der Waals surface area contributed by atoms with E-state index in [0.717, 1.165) is 13.0 Å². The van der Waals surface area contributed by atoms with Crippen molar-refractivity contribution in [2.45, 2.75) is 26.3 Å². The second-order valence-corrected chi connectivity index (χ2v) is 6.20. The number of anilines is 1. The Labute approximate surface area is 131 Å². The highest BCUT2D eigenvalue weighted by atomic mass is 16.2. The summed E-state index contributed by atoms with van der Waals surface area (Å²) < 4.78 is 0. The van der Waals surface area contributed by atoms with Crippen molar-refractivity contribution in [2.75, 3.05) is 37.6 Å². The van der Waals surface area contributed by atoms with Crippen molar-refractivity contribution in [1.29, 1.82) is 0 Å². The molecule has 1 saturated heterocycles. The molecule has 118 valence electrons. The van der Waals surface area contributed by atoms with E-state index in [1.54, 1.807) is 6.92 Å². The lowest BCUT2D eigenvalue weighted by Gasteiger charge is -2.40. The normalized spacial score (nSPS) is 21.0. The molecule has 5 heteroatoms. The van der Waals surface area contributed by atoms with Gasteiger partial charge in [-0.2, -0.15) is 0 Å². The highest BCUT2D eigenvalue weighted by Crippen LogP contribution is 2.27. The van der Waals surface area contributed by atoms with Crippen molar-refractivity contribution in [3.63, 3.8) is 0 Å². The van der Waals surface area contributed by atoms with Crippen LogP contribution in [0.15, 0.2) is 24.3 Å². The zero-order valence-electron chi connectivity index (χ0n) is 13.3. The Kier molecular flexibility index (Phi) is 4.05. The second-order valence-electron chi connectivity index (χ2n) is 6.20. The van der Waals surface area contributed by atoms with Gasteiger partial charge in [0.2, 0.25) is 11.8 Å². The van der Waals surface area contributed by atoms with E-state index < -0.39 is 0 Å². The molecule has 0 bridgehead atoms. The van der Waals surface area contributed by atoms with Gasteiger partial charge in [0.05, 0.1) is 6.54 Å². The van der Waals surface area contributed by atoms with Crippen molar-refractivity contribution in [2.24, 2.45) is 0 Å². The lowest BCUT2D eigenvalue weighted by atomic mass is 10.1. The summed E-state index contributed by atoms with van der Waals surface area (Å²) in [6.45, 7) is 6.86. The van der Waals surface area contributed by atoms with E-state index in [1.807, 2.05) is 28.9 Å². The molecule has 3 rings (SSSR count). The van der Waals surface area contributed by atoms with Gasteiger partial charge in [0, 0.05) is 44.8 Å². The number of para-hydroxylation sites is 1. The Morgan fingerprint density at radius 3 is 2.68 bits per heavy atom. The highest BCUT2D eigenvalue weighted by molar-refractivity contribution is 5.83. The summed E-state index contributed by atoms with van der Waals surface area (Å²) in [6, 6.07) is 8.38. The van der Waals surface area contributed by atoms with Gasteiger partial charge in [0.15, 0.2) is 0 Å². The van der Waals surface area contributed by atoms with Crippen LogP contribution in [0.2, 0.25) is 0 Å². The van der Waals surface area contributed by atoms with Crippen LogP contribution in [-0.2, 0) is 16.0 Å². The van der Waals surface area contributed by atoms with E-state index in [9.17, 15) is 9.59 Å². The fourth-order valence-electron chi connectivity index (χ4n) is 3.44. The Morgan fingerprint density at radius 2 is 1.95 bits per heavy atom. The molecule has 1 unspecified atom stereocenters. The van der Waals surface area contributed by atoms with Crippen molar-refractivity contribution < 1.29 is 9.59 Å². The summed E-state index contributed by atoms with van der Waals surface area (Å²) in [5.41, 5.74) is 2.51. The number of piperazine rings is 1. The average Bonchev–Trinajstić information content (AvgIpc) is 2.90. The molecule has 2 aliphatic rings. The molecule has 0 aromatic heterocycles. The van der Waals surface area contributed by atoms with E-state index >= 15 is 0 Å². The molecule has 1 fully saturated rings. The van der Waals surface area contributed by atoms with Crippen LogP contribution in [0.3, 0.4) is 0 Å². The van der Waals surface area contributed by atoms with Crippen LogP contribution in [0.25, 0.3) is 0 Å². The first kappa shape index (κ1) is 14.9. The van der Waals surface area contributed by atoms with Gasteiger partial charge < -0.3 is 14.7 Å². The SMILES string of the molecule is CC(=O)N1CCN(C(=O)CN2CCc3ccccc32)C(C)C1. The molecule has 0 N–H and O–H groups in total. The zero-order valence-corrected chi connectivity index (χ0v) is 13.3. The molecule has 2 amide bonds. The first-order valence-corrected chi connectivity index (χ1v) is 7.94. The Hall–Kier alpha value is -2.04. The van der Waals surface area contributed by atoms with Crippen molar-refractivity contribution >= 4 is 17.5 Å². The second kappa shape index (κ2) is 5.99. The van der Waals surface area contributed by atoms with Gasteiger partial charge in [0.25, 0.3) is 0 Å². The fraction of sp³-hybridized carbons (Fsp3) is 0.529. The largest absolute Gasteiger partial charge is 0.362 e. The Bertz CT molecular complexity index is 587. The number of benzene rings is 1. The van der Waals surface area contributed by atoms with Crippen LogP contribution in [0.1, 0.15) is 19.4 Å². The summed E-state index contributed by atoms with van der Waals surface area (Å²) in [7, 11) is 0. The standard InChI is InChI=1S/C17H23N3O2/c1-13-11-18(14(2)21)9-10-20(13)17(22)12-19-8-7-15-5-3-4-6-16(15)19/h3-6,13H,7-12H2,1-2H3. The Morgan fingerprint density at radius 1 is 1.18 bits per heavy atom. The predicted molar refractivity (Wildman–Crippen MR) is 85.8 cm³/mol. The minimum atomic E-state index is 0.0861. The first-order chi connectivity index (χ1) is 10.6. The van der Waals surface area contributed by atoms with E-state index in [0.29, 0.717) is 26.2 Å². The van der Waals surface area contributed by atoms with Gasteiger partial charge in [-0.25, -0.2) is 0 Å². The van der Waals surface area contributed by atoms with Crippen LogP contribution in [-0.4, -0.2) is 60.4 Å². The smallest absolute Gasteiger partial charge is 0.242 e. The van der Waals surface area contributed by atoms with E-state index in [4.69, 9.17) is 0 Å². The molecule has 1 aromatic carbocycles. The molecular weight excluding hydrogens is 278 g/mol. The summed E-state index contributed by atoms with van der Waals surface area (Å²) in [5.74, 6) is 0.250. The number of amides is 2. The number of carbonyl (C=O) groups is 2. The number of fused-ring (bicyclic) bond motifs is 1. The molecule has 0 spiro atoms. The lowest BCUT2D eigenvalue weighted by Crippen LogP contribution is -2.56. The van der Waals surface area contributed by atoms with Gasteiger partial charge in [-0.3, -0.25) is 9.59 Å². The number of carbonyl (C=O) groups excluding carboxylic acids is 2. The first-order valence-electron chi connectivity index (χ1n) is 7.94. The Balaban J connectivity index is 1.63. The summed E-state index contributed by atoms with van der Waals surface area (Å²) in [4.78, 5) is 30.0. The van der Waals surface area contributed by atoms with Gasteiger partial charge in [-0.15, -0.1) is 0 Å². The molecule has 2 heterocycles. The topological polar surface area (TPSA) is 43.9 Å². The number of hydrogen-bond acceptors (Lipinski definition) is 3. The van der Waals surface area contributed by atoms with Crippen LogP contribution in [0.5, 0.6) is 0 Å². The predicted octanol–water partition coefficient (Wildman–Crippen LogP) is 1.13. The maximum Gasteiger partial charge on any atom is 0.242 e. The molecule has 0 radical (unpaired) electrons. The van der Waals surface area contributed by atoms with Crippen molar-refractivity contribution in [1.82, 2.24) is 9.80 Å². The molecule has 22 heavy (non-hydrogen) atoms. The summed E-state index contributed by atoms with van der Waals surface area (Å²) in [6.07, 6.45) is 1.01. The quantitative estimate of drug-likeness (QED) is 0.822. The summed E-state index contributed by atoms with van der Waals surface area (Å²) >= 11 is 0. The van der Waals surface area contributed by atoms with Crippen LogP contribution >= 0.6 is 0 Å². The maximum atomic E-state index is 12.6. The maximum absolute atomic E-state index is 12.6. The fourth-order valence-corrected chi connectivity index (χ4v) is 3.44. The van der Waals surface area contributed by atoms with Crippen molar-refractivity contribution in [3.8, 4) is 0 Å². The molecule has 2 aliphatic heterocycles. The lowest BCUT2D eigenvalue weighted by molar-refractivity contribution is -0.140.